The van der Waals surface area contributed by atoms with Crippen molar-refractivity contribution in [2.45, 2.75) is 20.0 Å². The van der Waals surface area contributed by atoms with E-state index in [4.69, 9.17) is 27.9 Å². The molecular formula is C14H19Cl2NO3. The van der Waals surface area contributed by atoms with E-state index < -0.39 is 6.10 Å². The fraction of sp³-hybridized carbons (Fsp3) is 0.500. The number of ether oxygens (including phenoxy) is 1. The maximum atomic E-state index is 11.9. The van der Waals surface area contributed by atoms with Gasteiger partial charge in [-0.2, -0.15) is 0 Å². The van der Waals surface area contributed by atoms with Crippen molar-refractivity contribution in [3.05, 3.63) is 33.8 Å². The lowest BCUT2D eigenvalue weighted by atomic mass is 10.2. The standard InChI is InChI=1S/C14H19Cl2NO3/c1-9(2)7-20-8-10(18)6-17-14(19)11-4-3-5-12(15)13(11)16/h3-5,9-10,18H,6-8H2,1-2H3,(H,17,19). The predicted octanol–water partition coefficient (Wildman–Crippen LogP) is 2.76. The molecule has 1 aromatic carbocycles. The van der Waals surface area contributed by atoms with Gasteiger partial charge in [0.05, 0.1) is 28.3 Å². The number of carbonyl (C=O) groups is 1. The van der Waals surface area contributed by atoms with E-state index in [1.165, 1.54) is 0 Å². The van der Waals surface area contributed by atoms with E-state index in [9.17, 15) is 9.90 Å². The number of hydrogen-bond acceptors (Lipinski definition) is 3. The maximum Gasteiger partial charge on any atom is 0.252 e. The van der Waals surface area contributed by atoms with Crippen LogP contribution in [0.25, 0.3) is 0 Å². The molecule has 20 heavy (non-hydrogen) atoms. The number of aliphatic hydroxyl groups is 1. The van der Waals surface area contributed by atoms with Gasteiger partial charge in [0.25, 0.3) is 5.91 Å². The van der Waals surface area contributed by atoms with Crippen LogP contribution in [0, 0.1) is 5.92 Å². The summed E-state index contributed by atoms with van der Waals surface area (Å²) < 4.78 is 5.29. The lowest BCUT2D eigenvalue weighted by Crippen LogP contribution is -2.35. The predicted molar refractivity (Wildman–Crippen MR) is 80.5 cm³/mol. The van der Waals surface area contributed by atoms with Crippen LogP contribution in [0.3, 0.4) is 0 Å². The Morgan fingerprint density at radius 2 is 2.05 bits per heavy atom. The van der Waals surface area contributed by atoms with Crippen LogP contribution in [0.4, 0.5) is 0 Å². The third-order valence-corrected chi connectivity index (χ3v) is 3.27. The van der Waals surface area contributed by atoms with E-state index in [0.29, 0.717) is 17.5 Å². The summed E-state index contributed by atoms with van der Waals surface area (Å²) in [6.45, 7) is 4.90. The minimum atomic E-state index is -0.754. The molecule has 2 N–H and O–H groups in total. The molecule has 1 rings (SSSR count). The molecule has 0 saturated carbocycles. The summed E-state index contributed by atoms with van der Waals surface area (Å²) >= 11 is 11.8. The number of nitrogens with one attached hydrogen (secondary N) is 1. The van der Waals surface area contributed by atoms with E-state index in [1.807, 2.05) is 13.8 Å². The molecule has 0 aliphatic heterocycles. The molecule has 0 heterocycles. The van der Waals surface area contributed by atoms with Crippen LogP contribution in [0.2, 0.25) is 10.0 Å². The van der Waals surface area contributed by atoms with Crippen LogP contribution in [-0.2, 0) is 4.74 Å². The van der Waals surface area contributed by atoms with Gasteiger partial charge in [0.1, 0.15) is 0 Å². The smallest absolute Gasteiger partial charge is 0.252 e. The number of hydrogen-bond donors (Lipinski definition) is 2. The zero-order chi connectivity index (χ0) is 15.1. The normalized spacial score (nSPS) is 12.5. The first kappa shape index (κ1) is 17.2. The fourth-order valence-corrected chi connectivity index (χ4v) is 1.87. The Bertz CT molecular complexity index is 452. The van der Waals surface area contributed by atoms with Gasteiger partial charge >= 0.3 is 0 Å². The molecule has 0 aliphatic rings. The average Bonchev–Trinajstić information content (AvgIpc) is 2.38. The van der Waals surface area contributed by atoms with Gasteiger partial charge < -0.3 is 15.2 Å². The fourth-order valence-electron chi connectivity index (χ4n) is 1.48. The first-order valence-corrected chi connectivity index (χ1v) is 7.15. The van der Waals surface area contributed by atoms with Gasteiger partial charge in [-0.15, -0.1) is 0 Å². The molecule has 6 heteroatoms. The zero-order valence-corrected chi connectivity index (χ0v) is 13.0. The molecule has 0 bridgehead atoms. The van der Waals surface area contributed by atoms with Crippen LogP contribution in [0.5, 0.6) is 0 Å². The molecule has 0 saturated heterocycles. The molecule has 1 unspecified atom stereocenters. The van der Waals surface area contributed by atoms with Crippen LogP contribution in [0.15, 0.2) is 18.2 Å². The third kappa shape index (κ3) is 5.67. The minimum absolute atomic E-state index is 0.0970. The minimum Gasteiger partial charge on any atom is -0.389 e. The quantitative estimate of drug-likeness (QED) is 0.812. The van der Waals surface area contributed by atoms with E-state index in [1.54, 1.807) is 18.2 Å². The summed E-state index contributed by atoms with van der Waals surface area (Å²) in [6.07, 6.45) is -0.754. The summed E-state index contributed by atoms with van der Waals surface area (Å²) in [5.41, 5.74) is 0.287. The van der Waals surface area contributed by atoms with Crippen molar-refractivity contribution < 1.29 is 14.6 Å². The maximum absolute atomic E-state index is 11.9. The van der Waals surface area contributed by atoms with Crippen molar-refractivity contribution in [3.63, 3.8) is 0 Å². The van der Waals surface area contributed by atoms with E-state index >= 15 is 0 Å². The summed E-state index contributed by atoms with van der Waals surface area (Å²) in [5.74, 6) is 0.0301. The number of halogens is 2. The second-order valence-corrected chi connectivity index (χ2v) is 5.68. The highest BCUT2D eigenvalue weighted by atomic mass is 35.5. The summed E-state index contributed by atoms with van der Waals surface area (Å²) in [7, 11) is 0. The van der Waals surface area contributed by atoms with Crippen molar-refractivity contribution in [3.8, 4) is 0 Å². The van der Waals surface area contributed by atoms with Gasteiger partial charge in [0.2, 0.25) is 0 Å². The highest BCUT2D eigenvalue weighted by Gasteiger charge is 2.14. The van der Waals surface area contributed by atoms with Crippen molar-refractivity contribution >= 4 is 29.1 Å². The average molecular weight is 320 g/mol. The summed E-state index contributed by atoms with van der Waals surface area (Å²) in [6, 6.07) is 4.83. The lowest BCUT2D eigenvalue weighted by Gasteiger charge is -2.14. The Kier molecular flexibility index (Phi) is 7.30. The van der Waals surface area contributed by atoms with Gasteiger partial charge in [-0.3, -0.25) is 4.79 Å². The van der Waals surface area contributed by atoms with E-state index in [0.717, 1.165) is 0 Å². The van der Waals surface area contributed by atoms with Crippen LogP contribution in [-0.4, -0.2) is 36.9 Å². The van der Waals surface area contributed by atoms with Crippen LogP contribution >= 0.6 is 23.2 Å². The molecule has 0 radical (unpaired) electrons. The van der Waals surface area contributed by atoms with Gasteiger partial charge in [-0.05, 0) is 18.1 Å². The largest absolute Gasteiger partial charge is 0.389 e. The number of benzene rings is 1. The van der Waals surface area contributed by atoms with Crippen molar-refractivity contribution in [2.75, 3.05) is 19.8 Å². The molecule has 112 valence electrons. The van der Waals surface area contributed by atoms with E-state index in [2.05, 4.69) is 5.32 Å². The Hall–Kier alpha value is -0.810. The molecular weight excluding hydrogens is 301 g/mol. The lowest BCUT2D eigenvalue weighted by molar-refractivity contribution is 0.0259. The number of rotatable bonds is 7. The third-order valence-electron chi connectivity index (χ3n) is 2.46. The highest BCUT2D eigenvalue weighted by Crippen LogP contribution is 2.25. The van der Waals surface area contributed by atoms with Crippen LogP contribution < -0.4 is 5.32 Å². The second-order valence-electron chi connectivity index (χ2n) is 4.90. The number of carbonyl (C=O) groups excluding carboxylic acids is 1. The molecule has 1 aromatic rings. The Labute approximate surface area is 129 Å². The Morgan fingerprint density at radius 1 is 1.35 bits per heavy atom. The molecule has 1 amide bonds. The van der Waals surface area contributed by atoms with Crippen molar-refractivity contribution in [1.29, 1.82) is 0 Å². The zero-order valence-electron chi connectivity index (χ0n) is 11.5. The van der Waals surface area contributed by atoms with Gasteiger partial charge in [-0.1, -0.05) is 43.1 Å². The Morgan fingerprint density at radius 3 is 2.70 bits per heavy atom. The molecule has 0 aliphatic carbocycles. The van der Waals surface area contributed by atoms with Crippen molar-refractivity contribution in [2.24, 2.45) is 5.92 Å². The molecule has 1 atom stereocenters. The molecule has 0 fully saturated rings. The summed E-state index contributed by atoms with van der Waals surface area (Å²) in [5, 5.41) is 12.8. The molecule has 0 spiro atoms. The second kappa shape index (κ2) is 8.47. The van der Waals surface area contributed by atoms with Gasteiger partial charge in [-0.25, -0.2) is 0 Å². The molecule has 0 aromatic heterocycles. The summed E-state index contributed by atoms with van der Waals surface area (Å²) in [4.78, 5) is 11.9. The van der Waals surface area contributed by atoms with Crippen molar-refractivity contribution in [1.82, 2.24) is 5.32 Å². The van der Waals surface area contributed by atoms with Crippen LogP contribution in [0.1, 0.15) is 24.2 Å². The van der Waals surface area contributed by atoms with E-state index in [-0.39, 0.29) is 29.6 Å². The molecule has 4 nitrogen and oxygen atoms in total. The number of aliphatic hydroxyl groups excluding tert-OH is 1. The monoisotopic (exact) mass is 319 g/mol. The topological polar surface area (TPSA) is 58.6 Å². The van der Waals surface area contributed by atoms with Gasteiger partial charge in [0.15, 0.2) is 0 Å². The number of amides is 1. The first-order chi connectivity index (χ1) is 9.41. The Balaban J connectivity index is 2.41. The first-order valence-electron chi connectivity index (χ1n) is 6.39. The SMILES string of the molecule is CC(C)COCC(O)CNC(=O)c1cccc(Cl)c1Cl. The van der Waals surface area contributed by atoms with Gasteiger partial charge in [0, 0.05) is 13.2 Å². The highest BCUT2D eigenvalue weighted by molar-refractivity contribution is 6.43.